The molecule has 0 aliphatic heterocycles. The molecule has 0 N–H and O–H groups in total. The molecule has 5 aliphatic carbocycles. The SMILES string of the molecule is c1cc(-c2ccc3c(c2)C2CCCCC2C2CC4c5ccccc5C5CCCCC5C4CC32)cc(-c2cccc3c2sc2ccccc23)c1. The standard InChI is InChI=1S/C48H46S/c1-3-15-35-33(13-1)34-14-2-4-16-36(34)44-28-46-39-24-23-30(26-42(39)37-17-5-6-18-38(37)45(46)27-43(35)44)29-11-9-12-31(25-29)32-20-10-21-41-40-19-7-8-22-47(40)49-48(32)41/h1,3,7-13,15,19-26,34,36-38,43-46H,2,4-6,14,16-18,27-28H2. The van der Waals surface area contributed by atoms with Crippen molar-refractivity contribution in [3.8, 4) is 22.3 Å². The lowest BCUT2D eigenvalue weighted by Crippen LogP contribution is -2.45. The van der Waals surface area contributed by atoms with Crippen LogP contribution in [-0.4, -0.2) is 0 Å². The molecule has 49 heavy (non-hydrogen) atoms. The Balaban J connectivity index is 0.987. The number of fused-ring (bicyclic) bond motifs is 15. The van der Waals surface area contributed by atoms with Crippen LogP contribution < -0.4 is 0 Å². The van der Waals surface area contributed by atoms with Gasteiger partial charge in [0.25, 0.3) is 0 Å². The molecule has 0 radical (unpaired) electrons. The number of hydrogen-bond acceptors (Lipinski definition) is 1. The minimum atomic E-state index is 0.734. The smallest absolute Gasteiger partial charge is 0.0433 e. The Morgan fingerprint density at radius 1 is 0.408 bits per heavy atom. The van der Waals surface area contributed by atoms with E-state index in [-0.39, 0.29) is 0 Å². The average Bonchev–Trinajstić information content (AvgIpc) is 3.56. The molecule has 1 heteroatoms. The molecule has 5 aromatic carbocycles. The van der Waals surface area contributed by atoms with E-state index in [2.05, 4.69) is 109 Å². The van der Waals surface area contributed by atoms with Crippen molar-refractivity contribution >= 4 is 31.5 Å². The normalized spacial score (nSPS) is 30.0. The van der Waals surface area contributed by atoms with Gasteiger partial charge in [0.1, 0.15) is 0 Å². The molecule has 0 amide bonds. The summed E-state index contributed by atoms with van der Waals surface area (Å²) < 4.78 is 2.78. The summed E-state index contributed by atoms with van der Waals surface area (Å²) in [7, 11) is 0. The molecule has 1 aromatic heterocycles. The highest BCUT2D eigenvalue weighted by molar-refractivity contribution is 7.26. The summed E-state index contributed by atoms with van der Waals surface area (Å²) in [5.74, 6) is 6.54. The van der Waals surface area contributed by atoms with Crippen LogP contribution in [-0.2, 0) is 0 Å². The molecule has 6 aromatic rings. The van der Waals surface area contributed by atoms with Gasteiger partial charge in [0.2, 0.25) is 0 Å². The monoisotopic (exact) mass is 654 g/mol. The van der Waals surface area contributed by atoms with Gasteiger partial charge >= 0.3 is 0 Å². The molecule has 0 spiro atoms. The predicted octanol–water partition coefficient (Wildman–Crippen LogP) is 13.9. The van der Waals surface area contributed by atoms with Crippen LogP contribution in [0.1, 0.15) is 110 Å². The van der Waals surface area contributed by atoms with E-state index in [1.54, 1.807) is 22.3 Å². The predicted molar refractivity (Wildman–Crippen MR) is 208 cm³/mol. The lowest BCUT2D eigenvalue weighted by molar-refractivity contribution is 0.0450. The zero-order chi connectivity index (χ0) is 32.1. The third kappa shape index (κ3) is 4.47. The third-order valence-corrected chi connectivity index (χ3v) is 15.6. The Labute approximate surface area is 295 Å². The highest BCUT2D eigenvalue weighted by atomic mass is 32.1. The first-order chi connectivity index (χ1) is 24.3. The summed E-state index contributed by atoms with van der Waals surface area (Å²) in [4.78, 5) is 0. The van der Waals surface area contributed by atoms with E-state index in [1.165, 1.54) is 107 Å². The molecule has 11 rings (SSSR count). The minimum Gasteiger partial charge on any atom is -0.135 e. The van der Waals surface area contributed by atoms with Gasteiger partial charge in [-0.25, -0.2) is 0 Å². The first-order valence-corrected chi connectivity index (χ1v) is 20.4. The van der Waals surface area contributed by atoms with Crippen LogP contribution in [0, 0.1) is 23.7 Å². The lowest BCUT2D eigenvalue weighted by atomic mass is 9.47. The molecule has 244 valence electrons. The first-order valence-electron chi connectivity index (χ1n) is 19.5. The summed E-state index contributed by atoms with van der Waals surface area (Å²) in [6.07, 6.45) is 14.3. The molecule has 8 unspecified atom stereocenters. The second kappa shape index (κ2) is 11.4. The van der Waals surface area contributed by atoms with Gasteiger partial charge in [0.15, 0.2) is 0 Å². The molecule has 3 fully saturated rings. The van der Waals surface area contributed by atoms with Crippen LogP contribution >= 0.6 is 11.3 Å². The van der Waals surface area contributed by atoms with Gasteiger partial charge in [-0.15, -0.1) is 11.3 Å². The highest BCUT2D eigenvalue weighted by Crippen LogP contribution is 2.65. The fourth-order valence-electron chi connectivity index (χ4n) is 12.5. The molecule has 0 saturated heterocycles. The molecule has 0 nitrogen and oxygen atoms in total. The molecule has 0 bridgehead atoms. The summed E-state index contributed by atoms with van der Waals surface area (Å²) in [6.45, 7) is 0. The fraction of sp³-hybridized carbons (Fsp3) is 0.375. The van der Waals surface area contributed by atoms with Crippen molar-refractivity contribution < 1.29 is 0 Å². The Morgan fingerprint density at radius 2 is 1.00 bits per heavy atom. The van der Waals surface area contributed by atoms with Crippen LogP contribution in [0.4, 0.5) is 0 Å². The molecular formula is C48H46S. The number of rotatable bonds is 2. The van der Waals surface area contributed by atoms with Crippen molar-refractivity contribution in [3.05, 3.63) is 131 Å². The summed E-state index contributed by atoms with van der Waals surface area (Å²) in [5, 5.41) is 2.76. The van der Waals surface area contributed by atoms with E-state index in [9.17, 15) is 0 Å². The van der Waals surface area contributed by atoms with Crippen LogP contribution in [0.2, 0.25) is 0 Å². The second-order valence-corrected chi connectivity index (χ2v) is 17.5. The third-order valence-electron chi connectivity index (χ3n) is 14.4. The number of hydrogen-bond donors (Lipinski definition) is 0. The summed E-state index contributed by atoms with van der Waals surface area (Å²) in [6, 6.07) is 42.8. The van der Waals surface area contributed by atoms with Crippen molar-refractivity contribution in [1.82, 2.24) is 0 Å². The molecule has 8 atom stereocenters. The second-order valence-electron chi connectivity index (χ2n) is 16.5. The van der Waals surface area contributed by atoms with Crippen LogP contribution in [0.5, 0.6) is 0 Å². The maximum absolute atomic E-state index is 2.68. The van der Waals surface area contributed by atoms with Crippen molar-refractivity contribution in [3.63, 3.8) is 0 Å². The van der Waals surface area contributed by atoms with Crippen molar-refractivity contribution in [2.45, 2.75) is 87.9 Å². The van der Waals surface area contributed by atoms with Gasteiger partial charge in [-0.2, -0.15) is 0 Å². The van der Waals surface area contributed by atoms with Crippen molar-refractivity contribution in [1.29, 1.82) is 0 Å². The Hall–Kier alpha value is -3.68. The molecular weight excluding hydrogens is 609 g/mol. The van der Waals surface area contributed by atoms with Gasteiger partial charge in [-0.3, -0.25) is 0 Å². The van der Waals surface area contributed by atoms with Crippen LogP contribution in [0.15, 0.2) is 109 Å². The van der Waals surface area contributed by atoms with E-state index < -0.39 is 0 Å². The largest absolute Gasteiger partial charge is 0.135 e. The molecule has 3 saturated carbocycles. The van der Waals surface area contributed by atoms with Gasteiger partial charge in [0.05, 0.1) is 0 Å². The zero-order valence-electron chi connectivity index (χ0n) is 28.5. The zero-order valence-corrected chi connectivity index (χ0v) is 29.3. The van der Waals surface area contributed by atoms with Crippen LogP contribution in [0.3, 0.4) is 0 Å². The lowest BCUT2D eigenvalue weighted by Gasteiger charge is -2.57. The Morgan fingerprint density at radius 3 is 1.80 bits per heavy atom. The maximum Gasteiger partial charge on any atom is 0.0433 e. The van der Waals surface area contributed by atoms with Gasteiger partial charge in [0, 0.05) is 20.2 Å². The van der Waals surface area contributed by atoms with E-state index in [4.69, 9.17) is 0 Å². The van der Waals surface area contributed by atoms with E-state index in [0.717, 1.165) is 47.3 Å². The van der Waals surface area contributed by atoms with Crippen molar-refractivity contribution in [2.24, 2.45) is 23.7 Å². The first kappa shape index (κ1) is 29.1. The highest BCUT2D eigenvalue weighted by Gasteiger charge is 2.53. The summed E-state index contributed by atoms with van der Waals surface area (Å²) >= 11 is 1.94. The average molecular weight is 655 g/mol. The number of benzene rings is 5. The summed E-state index contributed by atoms with van der Waals surface area (Å²) in [5.41, 5.74) is 12.5. The minimum absolute atomic E-state index is 0.734. The number of thiophene rings is 1. The topological polar surface area (TPSA) is 0 Å². The van der Waals surface area contributed by atoms with Gasteiger partial charge in [-0.1, -0.05) is 123 Å². The fourth-order valence-corrected chi connectivity index (χ4v) is 13.7. The molecule has 5 aliphatic rings. The van der Waals surface area contributed by atoms with Gasteiger partial charge in [-0.05, 0) is 143 Å². The quantitative estimate of drug-likeness (QED) is 0.174. The van der Waals surface area contributed by atoms with E-state index >= 15 is 0 Å². The Bertz CT molecular complexity index is 2220. The Kier molecular flexibility index (Phi) is 6.78. The van der Waals surface area contributed by atoms with Crippen LogP contribution in [0.25, 0.3) is 42.4 Å². The van der Waals surface area contributed by atoms with Crippen molar-refractivity contribution in [2.75, 3.05) is 0 Å². The molecule has 1 heterocycles. The van der Waals surface area contributed by atoms with Gasteiger partial charge < -0.3 is 0 Å². The van der Waals surface area contributed by atoms with E-state index in [1.807, 2.05) is 11.3 Å². The maximum atomic E-state index is 2.68. The van der Waals surface area contributed by atoms with E-state index in [0.29, 0.717) is 0 Å².